The summed E-state index contributed by atoms with van der Waals surface area (Å²) in [6.07, 6.45) is 6.65. The molecular formula is C19H19BrN6O. The summed E-state index contributed by atoms with van der Waals surface area (Å²) in [7, 11) is 0. The number of hydrogen-bond acceptors (Lipinski definition) is 5. The first-order valence-corrected chi connectivity index (χ1v) is 9.43. The lowest BCUT2D eigenvalue weighted by Gasteiger charge is -2.19. The molecule has 3 N–H and O–H groups in total. The lowest BCUT2D eigenvalue weighted by atomic mass is 9.95. The molecule has 1 aliphatic rings. The molecule has 1 fully saturated rings. The zero-order valence-corrected chi connectivity index (χ0v) is 16.2. The predicted octanol–water partition coefficient (Wildman–Crippen LogP) is 2.57. The maximum atomic E-state index is 12.6. The molecular weight excluding hydrogens is 408 g/mol. The number of carbonyl (C=O) groups excluding carboxylic acids is 1. The summed E-state index contributed by atoms with van der Waals surface area (Å²) in [6, 6.07) is 11.8. The van der Waals surface area contributed by atoms with Gasteiger partial charge >= 0.3 is 0 Å². The Labute approximate surface area is 165 Å². The number of halogens is 1. The minimum atomic E-state index is -0.188. The van der Waals surface area contributed by atoms with Gasteiger partial charge < -0.3 is 5.32 Å². The van der Waals surface area contributed by atoms with Gasteiger partial charge in [0.05, 0.1) is 29.7 Å². The van der Waals surface area contributed by atoms with Gasteiger partial charge in [0.25, 0.3) is 5.91 Å². The Hall–Kier alpha value is -2.55. The van der Waals surface area contributed by atoms with Crippen molar-refractivity contribution in [3.63, 3.8) is 0 Å². The van der Waals surface area contributed by atoms with Crippen LogP contribution in [0.2, 0.25) is 0 Å². The van der Waals surface area contributed by atoms with E-state index >= 15 is 0 Å². The van der Waals surface area contributed by atoms with Gasteiger partial charge in [-0.1, -0.05) is 22.9 Å². The van der Waals surface area contributed by atoms with Gasteiger partial charge in [-0.15, -0.1) is 0 Å². The average Bonchev–Trinajstić information content (AvgIpc) is 3.31. The summed E-state index contributed by atoms with van der Waals surface area (Å²) >= 11 is 3.41. The molecule has 1 amide bonds. The van der Waals surface area contributed by atoms with Crippen LogP contribution in [0.5, 0.6) is 0 Å². The molecule has 4 rings (SSSR count). The molecule has 0 bridgehead atoms. The molecule has 8 heteroatoms. The van der Waals surface area contributed by atoms with Gasteiger partial charge in [0.1, 0.15) is 0 Å². The van der Waals surface area contributed by atoms with Crippen LogP contribution in [0, 0.1) is 5.92 Å². The van der Waals surface area contributed by atoms with E-state index in [0.717, 1.165) is 15.7 Å². The third-order valence-corrected chi connectivity index (χ3v) is 5.26. The van der Waals surface area contributed by atoms with Crippen LogP contribution >= 0.6 is 15.9 Å². The fraction of sp³-hybridized carbons (Fsp3) is 0.211. The van der Waals surface area contributed by atoms with E-state index in [2.05, 4.69) is 49.1 Å². The number of hydrogen-bond donors (Lipinski definition) is 3. The van der Waals surface area contributed by atoms with Crippen LogP contribution in [0.4, 0.5) is 0 Å². The molecule has 3 unspecified atom stereocenters. The van der Waals surface area contributed by atoms with Crippen LogP contribution < -0.4 is 16.2 Å². The van der Waals surface area contributed by atoms with Crippen molar-refractivity contribution >= 4 is 21.8 Å². The normalized spacial score (nSPS) is 21.9. The summed E-state index contributed by atoms with van der Waals surface area (Å²) in [6.45, 7) is 2.09. The first kappa shape index (κ1) is 17.8. The quantitative estimate of drug-likeness (QED) is 0.596. The largest absolute Gasteiger partial charge is 0.335 e. The molecule has 3 heterocycles. The van der Waals surface area contributed by atoms with Gasteiger partial charge in [0, 0.05) is 29.0 Å². The van der Waals surface area contributed by atoms with Crippen molar-refractivity contribution in [2.75, 3.05) is 0 Å². The monoisotopic (exact) mass is 426 g/mol. The van der Waals surface area contributed by atoms with Gasteiger partial charge in [-0.3, -0.25) is 9.78 Å². The van der Waals surface area contributed by atoms with Crippen LogP contribution in [-0.4, -0.2) is 26.8 Å². The summed E-state index contributed by atoms with van der Waals surface area (Å²) in [4.78, 5) is 16.7. The van der Waals surface area contributed by atoms with Crippen LogP contribution in [-0.2, 0) is 0 Å². The number of aromatic nitrogens is 3. The summed E-state index contributed by atoms with van der Waals surface area (Å²) < 4.78 is 2.68. The van der Waals surface area contributed by atoms with E-state index < -0.39 is 0 Å². The molecule has 0 aliphatic carbocycles. The van der Waals surface area contributed by atoms with Gasteiger partial charge in [-0.05, 0) is 42.0 Å². The van der Waals surface area contributed by atoms with Gasteiger partial charge in [0.15, 0.2) is 0 Å². The Kier molecular flexibility index (Phi) is 5.02. The minimum absolute atomic E-state index is 0.101. The van der Waals surface area contributed by atoms with Crippen LogP contribution in [0.25, 0.3) is 5.69 Å². The van der Waals surface area contributed by atoms with Crippen molar-refractivity contribution in [1.29, 1.82) is 0 Å². The van der Waals surface area contributed by atoms with E-state index in [9.17, 15) is 4.79 Å². The molecule has 138 valence electrons. The maximum absolute atomic E-state index is 12.6. The molecule has 3 aromatic rings. The Morgan fingerprint density at radius 1 is 1.15 bits per heavy atom. The number of benzene rings is 1. The number of carbonyl (C=O) groups is 1. The molecule has 0 saturated carbocycles. The van der Waals surface area contributed by atoms with Crippen molar-refractivity contribution in [2.24, 2.45) is 5.92 Å². The first-order valence-electron chi connectivity index (χ1n) is 8.64. The smallest absolute Gasteiger partial charge is 0.255 e. The Bertz CT molecular complexity index is 927. The van der Waals surface area contributed by atoms with Crippen molar-refractivity contribution in [3.05, 3.63) is 76.8 Å². The molecule has 7 nitrogen and oxygen atoms in total. The lowest BCUT2D eigenvalue weighted by Crippen LogP contribution is -2.46. The number of amides is 1. The number of hydrazine groups is 1. The van der Waals surface area contributed by atoms with Gasteiger partial charge in [-0.25, -0.2) is 15.5 Å². The highest BCUT2D eigenvalue weighted by atomic mass is 79.9. The summed E-state index contributed by atoms with van der Waals surface area (Å²) in [5.41, 5.74) is 8.95. The second-order valence-corrected chi connectivity index (χ2v) is 7.42. The number of nitrogens with one attached hydrogen (secondary N) is 3. The molecule has 0 spiro atoms. The van der Waals surface area contributed by atoms with Crippen molar-refractivity contribution in [2.45, 2.75) is 19.1 Å². The third kappa shape index (κ3) is 3.78. The third-order valence-electron chi connectivity index (χ3n) is 4.73. The van der Waals surface area contributed by atoms with Gasteiger partial charge in [-0.2, -0.15) is 5.10 Å². The first-order chi connectivity index (χ1) is 13.1. The van der Waals surface area contributed by atoms with Crippen LogP contribution in [0.3, 0.4) is 0 Å². The number of rotatable bonds is 4. The van der Waals surface area contributed by atoms with E-state index in [1.807, 2.05) is 36.4 Å². The van der Waals surface area contributed by atoms with E-state index in [0.29, 0.717) is 5.56 Å². The zero-order chi connectivity index (χ0) is 18.8. The topological polar surface area (TPSA) is 83.9 Å². The zero-order valence-electron chi connectivity index (χ0n) is 14.6. The predicted molar refractivity (Wildman–Crippen MR) is 105 cm³/mol. The lowest BCUT2D eigenvalue weighted by molar-refractivity contribution is 0.0922. The maximum Gasteiger partial charge on any atom is 0.255 e. The highest BCUT2D eigenvalue weighted by Crippen LogP contribution is 2.27. The average molecular weight is 427 g/mol. The fourth-order valence-corrected chi connectivity index (χ4v) is 3.42. The minimum Gasteiger partial charge on any atom is -0.335 e. The molecule has 0 radical (unpaired) electrons. The summed E-state index contributed by atoms with van der Waals surface area (Å²) in [5.74, 6) is -0.00208. The number of nitrogens with zero attached hydrogens (tertiary/aromatic N) is 3. The van der Waals surface area contributed by atoms with Gasteiger partial charge in [0.2, 0.25) is 0 Å². The molecule has 3 atom stereocenters. The standard InChI is InChI=1S/C19H19BrN6O/c1-12-17(13-6-8-21-9-7-13)24-25-18(12)23-19(27)14-10-22-26(11-14)16-4-2-15(20)3-5-16/h2-12,17-18,24-25H,1H3,(H,23,27). The highest BCUT2D eigenvalue weighted by molar-refractivity contribution is 9.10. The summed E-state index contributed by atoms with van der Waals surface area (Å²) in [5, 5.41) is 7.32. The van der Waals surface area contributed by atoms with Crippen molar-refractivity contribution in [1.82, 2.24) is 30.9 Å². The number of pyridine rings is 1. The van der Waals surface area contributed by atoms with E-state index in [1.54, 1.807) is 29.5 Å². The Balaban J connectivity index is 1.43. The van der Waals surface area contributed by atoms with Crippen molar-refractivity contribution < 1.29 is 4.79 Å². The van der Waals surface area contributed by atoms with Crippen molar-refractivity contribution in [3.8, 4) is 5.69 Å². The Morgan fingerprint density at radius 2 is 1.89 bits per heavy atom. The Morgan fingerprint density at radius 3 is 2.63 bits per heavy atom. The van der Waals surface area contributed by atoms with E-state index in [4.69, 9.17) is 0 Å². The molecule has 27 heavy (non-hydrogen) atoms. The fourth-order valence-electron chi connectivity index (χ4n) is 3.16. The van der Waals surface area contributed by atoms with E-state index in [-0.39, 0.29) is 24.0 Å². The van der Waals surface area contributed by atoms with Crippen LogP contribution in [0.1, 0.15) is 28.9 Å². The molecule has 1 aliphatic heterocycles. The molecule has 1 saturated heterocycles. The SMILES string of the molecule is CC1C(NC(=O)c2cnn(-c3ccc(Br)cc3)c2)NNC1c1ccncc1. The van der Waals surface area contributed by atoms with E-state index in [1.165, 1.54) is 0 Å². The second-order valence-electron chi connectivity index (χ2n) is 6.51. The van der Waals surface area contributed by atoms with Crippen LogP contribution in [0.15, 0.2) is 65.7 Å². The highest BCUT2D eigenvalue weighted by Gasteiger charge is 2.34. The second kappa shape index (κ2) is 7.59. The molecule has 1 aromatic carbocycles. The molecule has 2 aromatic heterocycles.